The standard InChI is InChI=1S/C24H12Br4ClN3O3S2/c1-9-2-3-10(6-12(9)29)30-15(33)8-36-24-31-13-5-4-11(7-14(13)37-24)32-22(34)16-17(23(32)35)19(26)21(28)20(27)18(16)25/h2-7H,8H2,1H3,(H,30,33). The molecular formula is C24H12Br4ClN3O3S2. The number of halogens is 5. The number of carbonyl (C=O) groups is 3. The topological polar surface area (TPSA) is 79.4 Å². The van der Waals surface area contributed by atoms with Crippen molar-refractivity contribution < 1.29 is 14.4 Å². The molecule has 3 aromatic carbocycles. The van der Waals surface area contributed by atoms with E-state index >= 15 is 0 Å². The molecule has 0 bridgehead atoms. The van der Waals surface area contributed by atoms with Crippen molar-refractivity contribution in [2.24, 2.45) is 0 Å². The van der Waals surface area contributed by atoms with Crippen molar-refractivity contribution in [2.75, 3.05) is 16.0 Å². The molecule has 0 saturated carbocycles. The highest BCUT2D eigenvalue weighted by atomic mass is 79.9. The Hall–Kier alpha value is -1.28. The second kappa shape index (κ2) is 10.7. The normalized spacial score (nSPS) is 13.0. The van der Waals surface area contributed by atoms with Crippen LogP contribution in [0.5, 0.6) is 0 Å². The van der Waals surface area contributed by atoms with Crippen LogP contribution < -0.4 is 10.2 Å². The van der Waals surface area contributed by atoms with Gasteiger partial charge >= 0.3 is 0 Å². The number of imide groups is 1. The Morgan fingerprint density at radius 2 is 1.65 bits per heavy atom. The number of amides is 3. The molecule has 1 aliphatic rings. The average Bonchev–Trinajstić information content (AvgIpc) is 3.39. The van der Waals surface area contributed by atoms with Gasteiger partial charge in [-0.1, -0.05) is 29.4 Å². The van der Waals surface area contributed by atoms with E-state index in [1.54, 1.807) is 30.3 Å². The Labute approximate surface area is 258 Å². The average molecular weight is 810 g/mol. The van der Waals surface area contributed by atoms with Crippen LogP contribution in [0.15, 0.2) is 58.6 Å². The summed E-state index contributed by atoms with van der Waals surface area (Å²) >= 11 is 22.6. The molecule has 5 rings (SSSR count). The zero-order valence-electron chi connectivity index (χ0n) is 18.5. The number of nitrogens with zero attached hydrogens (tertiary/aromatic N) is 2. The molecule has 0 fully saturated rings. The first-order chi connectivity index (χ1) is 17.6. The summed E-state index contributed by atoms with van der Waals surface area (Å²) in [5.74, 6) is -0.855. The lowest BCUT2D eigenvalue weighted by molar-refractivity contribution is -0.113. The summed E-state index contributed by atoms with van der Waals surface area (Å²) in [6.45, 7) is 1.90. The van der Waals surface area contributed by atoms with Crippen LogP contribution in [0.4, 0.5) is 11.4 Å². The van der Waals surface area contributed by atoms with Crippen LogP contribution in [-0.4, -0.2) is 28.5 Å². The Kier molecular flexibility index (Phi) is 7.90. The number of benzene rings is 3. The highest BCUT2D eigenvalue weighted by Crippen LogP contribution is 2.46. The van der Waals surface area contributed by atoms with Gasteiger partial charge in [0.2, 0.25) is 5.91 Å². The van der Waals surface area contributed by atoms with Gasteiger partial charge in [-0.3, -0.25) is 14.4 Å². The highest BCUT2D eigenvalue weighted by Gasteiger charge is 2.42. The SMILES string of the molecule is Cc1ccc(NC(=O)CSc2nc3ccc(N4C(=O)c5c(Br)c(Br)c(Br)c(Br)c5C4=O)cc3s2)cc1Cl. The lowest BCUT2D eigenvalue weighted by Gasteiger charge is -2.13. The number of aryl methyl sites for hydroxylation is 1. The molecule has 6 nitrogen and oxygen atoms in total. The summed E-state index contributed by atoms with van der Waals surface area (Å²) in [5.41, 5.74) is 3.30. The molecule has 2 heterocycles. The van der Waals surface area contributed by atoms with Gasteiger partial charge in [0.15, 0.2) is 4.34 Å². The van der Waals surface area contributed by atoms with Gasteiger partial charge in [-0.05, 0) is 107 Å². The Balaban J connectivity index is 1.35. The number of rotatable bonds is 5. The molecule has 13 heteroatoms. The molecule has 37 heavy (non-hydrogen) atoms. The molecule has 0 radical (unpaired) electrons. The van der Waals surface area contributed by atoms with Gasteiger partial charge in [0, 0.05) is 28.6 Å². The summed E-state index contributed by atoms with van der Waals surface area (Å²) in [4.78, 5) is 44.8. The minimum absolute atomic E-state index is 0.169. The predicted molar refractivity (Wildman–Crippen MR) is 164 cm³/mol. The van der Waals surface area contributed by atoms with Gasteiger partial charge in [0.1, 0.15) is 0 Å². The predicted octanol–water partition coefficient (Wildman–Crippen LogP) is 8.84. The van der Waals surface area contributed by atoms with E-state index < -0.39 is 11.8 Å². The van der Waals surface area contributed by atoms with Crippen molar-refractivity contribution in [1.82, 2.24) is 4.98 Å². The molecular weight excluding hydrogens is 797 g/mol. The largest absolute Gasteiger partial charge is 0.325 e. The number of hydrogen-bond acceptors (Lipinski definition) is 6. The molecule has 188 valence electrons. The van der Waals surface area contributed by atoms with Crippen molar-refractivity contribution in [3.8, 4) is 0 Å². The van der Waals surface area contributed by atoms with Gasteiger partial charge in [0.05, 0.1) is 32.8 Å². The first kappa shape index (κ1) is 27.3. The van der Waals surface area contributed by atoms with Gasteiger partial charge < -0.3 is 5.32 Å². The van der Waals surface area contributed by atoms with E-state index in [2.05, 4.69) is 74.0 Å². The molecule has 0 spiro atoms. The maximum atomic E-state index is 13.3. The van der Waals surface area contributed by atoms with Gasteiger partial charge in [-0.25, -0.2) is 9.88 Å². The molecule has 1 N–H and O–H groups in total. The van der Waals surface area contributed by atoms with E-state index in [-0.39, 0.29) is 22.8 Å². The van der Waals surface area contributed by atoms with Crippen molar-refractivity contribution in [2.45, 2.75) is 11.3 Å². The molecule has 1 aliphatic heterocycles. The van der Waals surface area contributed by atoms with E-state index in [4.69, 9.17) is 11.6 Å². The lowest BCUT2D eigenvalue weighted by Crippen LogP contribution is -2.29. The maximum Gasteiger partial charge on any atom is 0.267 e. The first-order valence-corrected chi connectivity index (χ1v) is 15.8. The van der Waals surface area contributed by atoms with E-state index in [9.17, 15) is 14.4 Å². The minimum atomic E-state index is -0.424. The second-order valence-corrected chi connectivity index (χ2v) is 13.7. The summed E-state index contributed by atoms with van der Waals surface area (Å²) in [6, 6.07) is 10.6. The van der Waals surface area contributed by atoms with Crippen LogP contribution in [0.25, 0.3) is 10.2 Å². The van der Waals surface area contributed by atoms with Gasteiger partial charge in [-0.2, -0.15) is 0 Å². The molecule has 1 aromatic heterocycles. The van der Waals surface area contributed by atoms with E-state index in [0.29, 0.717) is 44.1 Å². The van der Waals surface area contributed by atoms with Gasteiger partial charge in [0.25, 0.3) is 11.8 Å². The third-order valence-electron chi connectivity index (χ3n) is 5.49. The van der Waals surface area contributed by atoms with E-state index in [1.165, 1.54) is 23.1 Å². The van der Waals surface area contributed by atoms with Crippen molar-refractivity contribution in [1.29, 1.82) is 0 Å². The number of thioether (sulfide) groups is 1. The second-order valence-electron chi connectivity index (χ2n) is 7.88. The zero-order chi connectivity index (χ0) is 26.6. The molecule has 4 aromatic rings. The van der Waals surface area contributed by atoms with Crippen LogP contribution in [-0.2, 0) is 4.79 Å². The summed E-state index contributed by atoms with van der Waals surface area (Å²) in [6.07, 6.45) is 0. The molecule has 0 atom stereocenters. The minimum Gasteiger partial charge on any atom is -0.325 e. The Morgan fingerprint density at radius 3 is 2.27 bits per heavy atom. The zero-order valence-corrected chi connectivity index (χ0v) is 27.2. The summed E-state index contributed by atoms with van der Waals surface area (Å²) in [5, 5.41) is 3.42. The van der Waals surface area contributed by atoms with Crippen LogP contribution in [0.1, 0.15) is 26.3 Å². The highest BCUT2D eigenvalue weighted by molar-refractivity contribution is 9.15. The number of thiazole rings is 1. The molecule has 0 unspecified atom stereocenters. The monoisotopic (exact) mass is 805 g/mol. The Morgan fingerprint density at radius 1 is 1.00 bits per heavy atom. The fraction of sp³-hybridized carbons (Fsp3) is 0.0833. The van der Waals surface area contributed by atoms with Crippen molar-refractivity contribution in [3.63, 3.8) is 0 Å². The number of hydrogen-bond donors (Lipinski definition) is 1. The van der Waals surface area contributed by atoms with E-state index in [0.717, 1.165) is 15.2 Å². The number of carbonyl (C=O) groups excluding carboxylic acids is 3. The summed E-state index contributed by atoms with van der Waals surface area (Å²) in [7, 11) is 0. The summed E-state index contributed by atoms with van der Waals surface area (Å²) < 4.78 is 3.77. The third kappa shape index (κ3) is 5.06. The van der Waals surface area contributed by atoms with E-state index in [1.807, 2.05) is 13.0 Å². The smallest absolute Gasteiger partial charge is 0.267 e. The van der Waals surface area contributed by atoms with Crippen LogP contribution in [0, 0.1) is 6.92 Å². The molecule has 3 amide bonds. The maximum absolute atomic E-state index is 13.3. The van der Waals surface area contributed by atoms with Crippen molar-refractivity contribution in [3.05, 3.63) is 76.0 Å². The fourth-order valence-electron chi connectivity index (χ4n) is 3.67. The fourth-order valence-corrected chi connectivity index (χ4v) is 8.21. The quantitative estimate of drug-likeness (QED) is 0.0944. The molecule has 0 saturated heterocycles. The van der Waals surface area contributed by atoms with Crippen LogP contribution in [0.2, 0.25) is 5.02 Å². The number of anilines is 2. The molecule has 0 aliphatic carbocycles. The number of nitrogens with one attached hydrogen (secondary N) is 1. The van der Waals surface area contributed by atoms with Gasteiger partial charge in [-0.15, -0.1) is 11.3 Å². The lowest BCUT2D eigenvalue weighted by atomic mass is 10.1. The van der Waals surface area contributed by atoms with Crippen molar-refractivity contribution >= 4 is 138 Å². The number of fused-ring (bicyclic) bond motifs is 2. The number of aromatic nitrogens is 1. The first-order valence-electron chi connectivity index (χ1n) is 10.4. The third-order valence-corrected chi connectivity index (χ3v) is 12.8. The Bertz CT molecular complexity index is 1610. The van der Waals surface area contributed by atoms with Crippen LogP contribution >= 0.6 is 98.4 Å². The van der Waals surface area contributed by atoms with Crippen LogP contribution in [0.3, 0.4) is 0 Å².